The maximum Gasteiger partial charge on any atom is 0.317 e. The predicted molar refractivity (Wildman–Crippen MR) is 66.3 cm³/mol. The van der Waals surface area contributed by atoms with Crippen molar-refractivity contribution < 1.29 is 4.79 Å². The van der Waals surface area contributed by atoms with E-state index in [1.54, 1.807) is 0 Å². The summed E-state index contributed by atoms with van der Waals surface area (Å²) in [6.45, 7) is 4.08. The fourth-order valence-corrected chi connectivity index (χ4v) is 2.25. The third-order valence-corrected chi connectivity index (χ3v) is 3.11. The summed E-state index contributed by atoms with van der Waals surface area (Å²) in [6, 6.07) is 0.456. The number of hydrogen-bond donors (Lipinski definition) is 2. The van der Waals surface area contributed by atoms with Crippen LogP contribution in [0.15, 0.2) is 0 Å². The van der Waals surface area contributed by atoms with Crippen molar-refractivity contribution in [3.63, 3.8) is 0 Å². The van der Waals surface area contributed by atoms with E-state index < -0.39 is 0 Å². The number of nitrogens with zero attached hydrogens (tertiary/aromatic N) is 1. The molecule has 1 aliphatic rings. The Hall–Kier alpha value is -0.770. The molecule has 4 nitrogen and oxygen atoms in total. The van der Waals surface area contributed by atoms with Crippen LogP contribution < -0.4 is 11.1 Å². The van der Waals surface area contributed by atoms with Crippen molar-refractivity contribution in [3.05, 3.63) is 0 Å². The van der Waals surface area contributed by atoms with Gasteiger partial charge in [-0.25, -0.2) is 4.79 Å². The molecule has 16 heavy (non-hydrogen) atoms. The van der Waals surface area contributed by atoms with Crippen molar-refractivity contribution >= 4 is 6.03 Å². The van der Waals surface area contributed by atoms with E-state index in [0.717, 1.165) is 25.8 Å². The van der Waals surface area contributed by atoms with Crippen LogP contribution in [0.5, 0.6) is 0 Å². The summed E-state index contributed by atoms with van der Waals surface area (Å²) in [7, 11) is 0. The summed E-state index contributed by atoms with van der Waals surface area (Å²) in [5.41, 5.74) is 5.51. The van der Waals surface area contributed by atoms with E-state index in [4.69, 9.17) is 5.73 Å². The first kappa shape index (κ1) is 13.3. The SMILES string of the molecule is CCCN(CCN)C(=O)NC1CCCCC1. The van der Waals surface area contributed by atoms with Crippen LogP contribution in [-0.4, -0.2) is 36.6 Å². The molecule has 94 valence electrons. The standard InChI is InChI=1S/C12H25N3O/c1-2-9-15(10-8-13)12(16)14-11-6-4-3-5-7-11/h11H,2-10,13H2,1H3,(H,14,16). The molecule has 0 saturated heterocycles. The minimum atomic E-state index is 0.0687. The van der Waals surface area contributed by atoms with E-state index in [9.17, 15) is 4.79 Å². The number of nitrogens with one attached hydrogen (secondary N) is 1. The molecule has 0 heterocycles. The number of rotatable bonds is 5. The minimum absolute atomic E-state index is 0.0687. The highest BCUT2D eigenvalue weighted by Gasteiger charge is 2.18. The molecule has 1 rings (SSSR count). The van der Waals surface area contributed by atoms with Gasteiger partial charge in [-0.2, -0.15) is 0 Å². The normalized spacial score (nSPS) is 17.1. The van der Waals surface area contributed by atoms with E-state index >= 15 is 0 Å². The van der Waals surface area contributed by atoms with Gasteiger partial charge in [0.2, 0.25) is 0 Å². The average Bonchev–Trinajstić information content (AvgIpc) is 2.30. The molecular weight excluding hydrogens is 202 g/mol. The van der Waals surface area contributed by atoms with Crippen LogP contribution in [-0.2, 0) is 0 Å². The fourth-order valence-electron chi connectivity index (χ4n) is 2.25. The van der Waals surface area contributed by atoms with Crippen LogP contribution >= 0.6 is 0 Å². The molecule has 0 aromatic carbocycles. The van der Waals surface area contributed by atoms with Crippen LogP contribution in [0.25, 0.3) is 0 Å². The van der Waals surface area contributed by atoms with Gasteiger partial charge in [0, 0.05) is 25.7 Å². The van der Waals surface area contributed by atoms with Crippen molar-refractivity contribution in [2.45, 2.75) is 51.5 Å². The molecule has 1 fully saturated rings. The van der Waals surface area contributed by atoms with Crippen molar-refractivity contribution in [2.24, 2.45) is 5.73 Å². The zero-order chi connectivity index (χ0) is 11.8. The largest absolute Gasteiger partial charge is 0.335 e. The Kier molecular flexibility index (Phi) is 6.23. The molecule has 0 aliphatic heterocycles. The Balaban J connectivity index is 2.34. The number of urea groups is 1. The summed E-state index contributed by atoms with van der Waals surface area (Å²) in [5, 5.41) is 3.12. The molecule has 3 N–H and O–H groups in total. The zero-order valence-electron chi connectivity index (χ0n) is 10.4. The molecule has 4 heteroatoms. The van der Waals surface area contributed by atoms with Crippen molar-refractivity contribution in [3.8, 4) is 0 Å². The number of carbonyl (C=O) groups is 1. The average molecular weight is 227 g/mol. The number of carbonyl (C=O) groups excluding carboxylic acids is 1. The lowest BCUT2D eigenvalue weighted by atomic mass is 9.96. The van der Waals surface area contributed by atoms with E-state index in [-0.39, 0.29) is 6.03 Å². The maximum absolute atomic E-state index is 12.0. The molecule has 0 bridgehead atoms. The van der Waals surface area contributed by atoms with Gasteiger partial charge in [0.25, 0.3) is 0 Å². The second kappa shape index (κ2) is 7.49. The van der Waals surface area contributed by atoms with Crippen molar-refractivity contribution in [2.75, 3.05) is 19.6 Å². The minimum Gasteiger partial charge on any atom is -0.335 e. The molecule has 0 aromatic heterocycles. The summed E-state index contributed by atoms with van der Waals surface area (Å²) in [5.74, 6) is 0. The first-order chi connectivity index (χ1) is 7.77. The summed E-state index contributed by atoms with van der Waals surface area (Å²) in [4.78, 5) is 13.8. The molecule has 0 aromatic rings. The quantitative estimate of drug-likeness (QED) is 0.751. The molecule has 1 saturated carbocycles. The Morgan fingerprint density at radius 2 is 2.00 bits per heavy atom. The van der Waals surface area contributed by atoms with Gasteiger partial charge in [-0.05, 0) is 19.3 Å². The van der Waals surface area contributed by atoms with E-state index in [2.05, 4.69) is 12.2 Å². The molecule has 2 amide bonds. The predicted octanol–water partition coefficient (Wildman–Crippen LogP) is 1.70. The van der Waals surface area contributed by atoms with Gasteiger partial charge in [-0.3, -0.25) is 0 Å². The first-order valence-electron chi connectivity index (χ1n) is 6.53. The second-order valence-electron chi connectivity index (χ2n) is 4.56. The lowest BCUT2D eigenvalue weighted by Gasteiger charge is -2.28. The van der Waals surface area contributed by atoms with Gasteiger partial charge in [0.1, 0.15) is 0 Å². The van der Waals surface area contributed by atoms with Crippen LogP contribution in [0.4, 0.5) is 4.79 Å². The Morgan fingerprint density at radius 3 is 2.56 bits per heavy atom. The summed E-state index contributed by atoms with van der Waals surface area (Å²) < 4.78 is 0. The fraction of sp³-hybridized carbons (Fsp3) is 0.917. The van der Waals surface area contributed by atoms with Gasteiger partial charge in [-0.15, -0.1) is 0 Å². The first-order valence-corrected chi connectivity index (χ1v) is 6.53. The van der Waals surface area contributed by atoms with E-state index in [0.29, 0.717) is 19.1 Å². The van der Waals surface area contributed by atoms with E-state index in [1.807, 2.05) is 4.90 Å². The van der Waals surface area contributed by atoms with Gasteiger partial charge >= 0.3 is 6.03 Å². The number of amides is 2. The second-order valence-corrected chi connectivity index (χ2v) is 4.56. The third-order valence-electron chi connectivity index (χ3n) is 3.11. The van der Waals surface area contributed by atoms with Crippen LogP contribution in [0.1, 0.15) is 45.4 Å². The molecule has 0 radical (unpaired) electrons. The van der Waals surface area contributed by atoms with Crippen LogP contribution in [0.3, 0.4) is 0 Å². The van der Waals surface area contributed by atoms with Crippen LogP contribution in [0, 0.1) is 0 Å². The highest BCUT2D eigenvalue weighted by atomic mass is 16.2. The molecular formula is C12H25N3O. The molecule has 0 unspecified atom stereocenters. The number of nitrogens with two attached hydrogens (primary N) is 1. The van der Waals surface area contributed by atoms with Gasteiger partial charge in [0.15, 0.2) is 0 Å². The van der Waals surface area contributed by atoms with Crippen molar-refractivity contribution in [1.82, 2.24) is 10.2 Å². The lowest BCUT2D eigenvalue weighted by molar-refractivity contribution is 0.191. The Morgan fingerprint density at radius 1 is 1.31 bits per heavy atom. The van der Waals surface area contributed by atoms with Crippen LogP contribution in [0.2, 0.25) is 0 Å². The summed E-state index contributed by atoms with van der Waals surface area (Å²) >= 11 is 0. The van der Waals surface area contributed by atoms with Gasteiger partial charge < -0.3 is 16.0 Å². The highest BCUT2D eigenvalue weighted by Crippen LogP contribution is 2.17. The zero-order valence-corrected chi connectivity index (χ0v) is 10.4. The van der Waals surface area contributed by atoms with E-state index in [1.165, 1.54) is 19.3 Å². The lowest BCUT2D eigenvalue weighted by Crippen LogP contribution is -2.47. The van der Waals surface area contributed by atoms with Gasteiger partial charge in [0.05, 0.1) is 0 Å². The summed E-state index contributed by atoms with van der Waals surface area (Å²) in [6.07, 6.45) is 7.06. The molecule has 0 atom stereocenters. The Bertz CT molecular complexity index is 196. The smallest absolute Gasteiger partial charge is 0.317 e. The molecule has 0 spiro atoms. The topological polar surface area (TPSA) is 58.4 Å². The molecule has 1 aliphatic carbocycles. The monoisotopic (exact) mass is 227 g/mol. The van der Waals surface area contributed by atoms with Crippen molar-refractivity contribution in [1.29, 1.82) is 0 Å². The third kappa shape index (κ3) is 4.39. The highest BCUT2D eigenvalue weighted by molar-refractivity contribution is 5.74. The Labute approximate surface area is 98.6 Å². The maximum atomic E-state index is 12.0. The van der Waals surface area contributed by atoms with Gasteiger partial charge in [-0.1, -0.05) is 26.2 Å². The number of hydrogen-bond acceptors (Lipinski definition) is 2.